The van der Waals surface area contributed by atoms with E-state index in [2.05, 4.69) is 51.0 Å². The van der Waals surface area contributed by atoms with Crippen molar-refractivity contribution in [1.29, 1.82) is 0 Å². The molecule has 1 aromatic heterocycles. The minimum absolute atomic E-state index is 0.575. The lowest BCUT2D eigenvalue weighted by atomic mass is 10.0. The molecule has 1 N–H and O–H groups in total. The first-order valence-corrected chi connectivity index (χ1v) is 7.07. The highest BCUT2D eigenvalue weighted by molar-refractivity contribution is 9.10. The average molecular weight is 298 g/mol. The lowest BCUT2D eigenvalue weighted by molar-refractivity contribution is 0.177. The highest BCUT2D eigenvalue weighted by Gasteiger charge is 2.20. The molecule has 0 bridgehead atoms. The largest absolute Gasteiger partial charge is 0.380 e. The van der Waals surface area contributed by atoms with Crippen LogP contribution in [0.5, 0.6) is 0 Å². The summed E-state index contributed by atoms with van der Waals surface area (Å²) in [4.78, 5) is 6.77. The fourth-order valence-electron chi connectivity index (χ4n) is 2.27. The van der Waals surface area contributed by atoms with Gasteiger partial charge < -0.3 is 10.2 Å². The van der Waals surface area contributed by atoms with Crippen LogP contribution in [0.1, 0.15) is 26.7 Å². The first-order valence-electron chi connectivity index (χ1n) is 6.28. The van der Waals surface area contributed by atoms with E-state index in [0.29, 0.717) is 12.1 Å². The summed E-state index contributed by atoms with van der Waals surface area (Å²) in [7, 11) is 0. The molecule has 1 aliphatic heterocycles. The Bertz CT molecular complexity index is 359. The second-order valence-corrected chi connectivity index (χ2v) is 5.64. The highest BCUT2D eigenvalue weighted by Crippen LogP contribution is 2.22. The summed E-state index contributed by atoms with van der Waals surface area (Å²) >= 11 is 3.47. The lowest BCUT2D eigenvalue weighted by Crippen LogP contribution is -2.42. The third-order valence-corrected chi connectivity index (χ3v) is 4.01. The van der Waals surface area contributed by atoms with Crippen molar-refractivity contribution in [2.75, 3.05) is 18.4 Å². The Hall–Kier alpha value is -0.610. The standard InChI is InChI=1S/C13H20BrN3/c1-10(2)17-8-5-11(6-9-17)16-12-4-3-7-15-13(12)14/h3-4,7,10-11,16H,5-6,8-9H2,1-2H3. The molecular weight excluding hydrogens is 278 g/mol. The van der Waals surface area contributed by atoms with Gasteiger partial charge >= 0.3 is 0 Å². The van der Waals surface area contributed by atoms with Gasteiger partial charge in [0.2, 0.25) is 0 Å². The number of nitrogens with one attached hydrogen (secondary N) is 1. The molecule has 2 rings (SSSR count). The molecule has 0 amide bonds. The van der Waals surface area contributed by atoms with Gasteiger partial charge in [-0.05, 0) is 54.8 Å². The molecule has 0 saturated carbocycles. The monoisotopic (exact) mass is 297 g/mol. The summed E-state index contributed by atoms with van der Waals surface area (Å²) in [6.07, 6.45) is 4.22. The van der Waals surface area contributed by atoms with E-state index in [1.165, 1.54) is 25.9 Å². The predicted octanol–water partition coefficient (Wildman–Crippen LogP) is 3.13. The molecule has 3 nitrogen and oxygen atoms in total. The molecule has 0 aromatic carbocycles. The Morgan fingerprint density at radius 3 is 2.71 bits per heavy atom. The maximum Gasteiger partial charge on any atom is 0.129 e. The molecule has 0 radical (unpaired) electrons. The Balaban J connectivity index is 1.88. The van der Waals surface area contributed by atoms with Crippen LogP contribution in [-0.2, 0) is 0 Å². The van der Waals surface area contributed by atoms with Gasteiger partial charge in [-0.15, -0.1) is 0 Å². The number of pyridine rings is 1. The van der Waals surface area contributed by atoms with Crippen LogP contribution in [-0.4, -0.2) is 35.1 Å². The number of rotatable bonds is 3. The molecule has 94 valence electrons. The summed E-state index contributed by atoms with van der Waals surface area (Å²) in [5.74, 6) is 0. The van der Waals surface area contributed by atoms with Gasteiger partial charge in [-0.1, -0.05) is 0 Å². The maximum absolute atomic E-state index is 4.23. The Labute approximate surface area is 112 Å². The molecule has 1 fully saturated rings. The molecule has 1 saturated heterocycles. The number of hydrogen-bond acceptors (Lipinski definition) is 3. The normalized spacial score (nSPS) is 18.6. The highest BCUT2D eigenvalue weighted by atomic mass is 79.9. The molecule has 1 aromatic rings. The lowest BCUT2D eigenvalue weighted by Gasteiger charge is -2.35. The molecule has 4 heteroatoms. The summed E-state index contributed by atoms with van der Waals surface area (Å²) in [6, 6.07) is 5.29. The van der Waals surface area contributed by atoms with Gasteiger partial charge in [-0.3, -0.25) is 0 Å². The van der Waals surface area contributed by atoms with Crippen LogP contribution in [0.4, 0.5) is 5.69 Å². The summed E-state index contributed by atoms with van der Waals surface area (Å²) in [5, 5.41) is 3.57. The van der Waals surface area contributed by atoms with E-state index < -0.39 is 0 Å². The third-order valence-electron chi connectivity index (χ3n) is 3.38. The van der Waals surface area contributed by atoms with Gasteiger partial charge in [-0.2, -0.15) is 0 Å². The van der Waals surface area contributed by atoms with E-state index in [9.17, 15) is 0 Å². The molecule has 0 spiro atoms. The number of aromatic nitrogens is 1. The number of nitrogens with zero attached hydrogens (tertiary/aromatic N) is 2. The molecule has 2 heterocycles. The molecule has 0 unspecified atom stereocenters. The van der Waals surface area contributed by atoms with Crippen LogP contribution >= 0.6 is 15.9 Å². The summed E-state index contributed by atoms with van der Waals surface area (Å²) < 4.78 is 0.909. The van der Waals surface area contributed by atoms with Crippen LogP contribution in [0, 0.1) is 0 Å². The Kier molecular flexibility index (Phi) is 4.40. The van der Waals surface area contributed by atoms with Crippen molar-refractivity contribution >= 4 is 21.6 Å². The van der Waals surface area contributed by atoms with Gasteiger partial charge in [0.25, 0.3) is 0 Å². The van der Waals surface area contributed by atoms with Crippen molar-refractivity contribution in [3.8, 4) is 0 Å². The topological polar surface area (TPSA) is 28.2 Å². The minimum atomic E-state index is 0.575. The van der Waals surface area contributed by atoms with E-state index in [-0.39, 0.29) is 0 Å². The maximum atomic E-state index is 4.23. The second-order valence-electron chi connectivity index (χ2n) is 4.89. The number of hydrogen-bond donors (Lipinski definition) is 1. The fraction of sp³-hybridized carbons (Fsp3) is 0.615. The minimum Gasteiger partial charge on any atom is -0.380 e. The van der Waals surface area contributed by atoms with Crippen LogP contribution in [0.3, 0.4) is 0 Å². The quantitative estimate of drug-likeness (QED) is 0.869. The first-order chi connectivity index (χ1) is 8.16. The van der Waals surface area contributed by atoms with Crippen molar-refractivity contribution in [2.45, 2.75) is 38.8 Å². The van der Waals surface area contributed by atoms with E-state index >= 15 is 0 Å². The average Bonchev–Trinajstić information content (AvgIpc) is 2.33. The van der Waals surface area contributed by atoms with Crippen molar-refractivity contribution < 1.29 is 0 Å². The van der Waals surface area contributed by atoms with Gasteiger partial charge in [0, 0.05) is 31.4 Å². The zero-order chi connectivity index (χ0) is 12.3. The number of halogens is 1. The summed E-state index contributed by atoms with van der Waals surface area (Å²) in [6.45, 7) is 6.91. The number of piperidine rings is 1. The molecule has 0 aliphatic carbocycles. The molecule has 17 heavy (non-hydrogen) atoms. The van der Waals surface area contributed by atoms with E-state index in [1.54, 1.807) is 6.20 Å². The number of likely N-dealkylation sites (tertiary alicyclic amines) is 1. The molecular formula is C13H20BrN3. The Morgan fingerprint density at radius 2 is 2.12 bits per heavy atom. The molecule has 1 aliphatic rings. The fourth-order valence-corrected chi connectivity index (χ4v) is 2.64. The van der Waals surface area contributed by atoms with E-state index in [0.717, 1.165) is 10.3 Å². The van der Waals surface area contributed by atoms with Crippen molar-refractivity contribution in [3.05, 3.63) is 22.9 Å². The van der Waals surface area contributed by atoms with E-state index in [1.807, 2.05) is 6.07 Å². The van der Waals surface area contributed by atoms with Gasteiger partial charge in [-0.25, -0.2) is 4.98 Å². The van der Waals surface area contributed by atoms with Crippen molar-refractivity contribution in [1.82, 2.24) is 9.88 Å². The van der Waals surface area contributed by atoms with Crippen molar-refractivity contribution in [2.24, 2.45) is 0 Å². The first kappa shape index (κ1) is 12.8. The van der Waals surface area contributed by atoms with Crippen molar-refractivity contribution in [3.63, 3.8) is 0 Å². The van der Waals surface area contributed by atoms with Crippen LogP contribution in [0.15, 0.2) is 22.9 Å². The third kappa shape index (κ3) is 3.42. The Morgan fingerprint density at radius 1 is 1.41 bits per heavy atom. The zero-order valence-corrected chi connectivity index (χ0v) is 12.1. The second kappa shape index (κ2) is 5.83. The molecule has 0 atom stereocenters. The van der Waals surface area contributed by atoms with Crippen LogP contribution < -0.4 is 5.32 Å². The SMILES string of the molecule is CC(C)N1CCC(Nc2cccnc2Br)CC1. The zero-order valence-electron chi connectivity index (χ0n) is 10.5. The smallest absolute Gasteiger partial charge is 0.129 e. The predicted molar refractivity (Wildman–Crippen MR) is 75.3 cm³/mol. The van der Waals surface area contributed by atoms with Gasteiger partial charge in [0.1, 0.15) is 4.60 Å². The van der Waals surface area contributed by atoms with Gasteiger partial charge in [0.15, 0.2) is 0 Å². The van der Waals surface area contributed by atoms with E-state index in [4.69, 9.17) is 0 Å². The number of anilines is 1. The van der Waals surface area contributed by atoms with Crippen LogP contribution in [0.25, 0.3) is 0 Å². The summed E-state index contributed by atoms with van der Waals surface area (Å²) in [5.41, 5.74) is 1.11. The van der Waals surface area contributed by atoms with Gasteiger partial charge in [0.05, 0.1) is 5.69 Å². The van der Waals surface area contributed by atoms with Crippen LogP contribution in [0.2, 0.25) is 0 Å².